The molecule has 0 saturated carbocycles. The number of hydrogen-bond acceptors (Lipinski definition) is 5. The van der Waals surface area contributed by atoms with Crippen molar-refractivity contribution < 1.29 is 18.1 Å². The third kappa shape index (κ3) is 36.0. The van der Waals surface area contributed by atoms with E-state index in [-0.39, 0.29) is 0 Å². The summed E-state index contributed by atoms with van der Waals surface area (Å²) in [6.45, 7) is 7.08. The molecule has 0 bridgehead atoms. The van der Waals surface area contributed by atoms with Crippen LogP contribution in [0.4, 0.5) is 0 Å². The summed E-state index contributed by atoms with van der Waals surface area (Å²) in [6, 6.07) is 22.0. The minimum absolute atomic E-state index is 0.495. The molecule has 2 aromatic carbocycles. The van der Waals surface area contributed by atoms with E-state index in [1.807, 2.05) is 0 Å². The second kappa shape index (κ2) is 40.3. The van der Waals surface area contributed by atoms with Crippen molar-refractivity contribution in [1.82, 2.24) is 5.09 Å². The summed E-state index contributed by atoms with van der Waals surface area (Å²) in [6.07, 6.45) is 39.2. The van der Waals surface area contributed by atoms with Gasteiger partial charge in [-0.25, -0.2) is 9.65 Å². The zero-order valence-corrected chi connectivity index (χ0v) is 44.3. The van der Waals surface area contributed by atoms with Gasteiger partial charge in [0.25, 0.3) is 0 Å². The number of hydrogen-bond donors (Lipinski definition) is 1. The molecular weight excluding hydrogens is 832 g/mol. The molecule has 2 rings (SSSR count). The van der Waals surface area contributed by atoms with Gasteiger partial charge in [0.15, 0.2) is 0 Å². The van der Waals surface area contributed by atoms with E-state index in [0.717, 1.165) is 58.7 Å². The van der Waals surface area contributed by atoms with Crippen LogP contribution in [0, 0.1) is 0 Å². The van der Waals surface area contributed by atoms with Crippen molar-refractivity contribution in [3.63, 3.8) is 0 Å². The molecule has 0 saturated heterocycles. The number of nitrogens with one attached hydrogen (secondary N) is 1. The van der Waals surface area contributed by atoms with Crippen LogP contribution in [0.25, 0.3) is 0 Å². The van der Waals surface area contributed by atoms with Crippen LogP contribution in [0.3, 0.4) is 0 Å². The van der Waals surface area contributed by atoms with Crippen LogP contribution >= 0.6 is 31.3 Å². The Kier molecular flexibility index (Phi) is 37.3. The van der Waals surface area contributed by atoms with Gasteiger partial charge in [-0.1, -0.05) is 229 Å². The molecule has 1 N–H and O–H groups in total. The first-order valence-electron chi connectivity index (χ1n) is 26.5. The molecule has 8 heteroatoms. The van der Waals surface area contributed by atoms with Crippen LogP contribution in [0.1, 0.15) is 218 Å². The molecule has 0 aliphatic carbocycles. The molecule has 2 unspecified atom stereocenters. The first-order chi connectivity index (χ1) is 30.7. The summed E-state index contributed by atoms with van der Waals surface area (Å²) < 4.78 is 26.7. The maximum Gasteiger partial charge on any atom is 0.405 e. The standard InChI is InChI=1S/C55H100N2O3PS2/c1-6-8-10-12-14-20-32-42-54(62-50-52-38-28-26-29-39-52)44-34-22-16-18-24-36-48-59-61(58,56-46-47-57(3,4)5)60-49-37-25-19-17-23-35-45-55(43-33-21-15-13-11-9-7-2)63-51-53-40-30-27-31-41-53/h26-31,38-41,54-55H,6-25,32-37,42-51H2,1-5H3,(H,56,58)/q+1. The highest BCUT2D eigenvalue weighted by Gasteiger charge is 2.25. The van der Waals surface area contributed by atoms with Gasteiger partial charge in [0, 0.05) is 22.0 Å². The minimum Gasteiger partial charge on any atom is -0.330 e. The quantitative estimate of drug-likeness (QED) is 0.0405. The Balaban J connectivity index is 1.63. The Labute approximate surface area is 400 Å². The molecule has 0 aliphatic heterocycles. The molecular formula is C55H100N2O3PS2+. The van der Waals surface area contributed by atoms with Gasteiger partial charge >= 0.3 is 7.75 Å². The molecule has 0 heterocycles. The van der Waals surface area contributed by atoms with Crippen LogP contribution in [-0.4, -0.2) is 62.4 Å². The summed E-state index contributed by atoms with van der Waals surface area (Å²) in [7, 11) is 3.16. The fourth-order valence-electron chi connectivity index (χ4n) is 8.24. The summed E-state index contributed by atoms with van der Waals surface area (Å²) in [5, 5.41) is 4.75. The topological polar surface area (TPSA) is 47.6 Å². The number of rotatable bonds is 46. The lowest BCUT2D eigenvalue weighted by atomic mass is 10.0. The number of benzene rings is 2. The normalized spacial score (nSPS) is 13.9. The third-order valence-corrected chi connectivity index (χ3v) is 16.9. The Morgan fingerprint density at radius 2 is 0.794 bits per heavy atom. The van der Waals surface area contributed by atoms with Gasteiger partial charge in [-0.05, 0) is 49.7 Å². The van der Waals surface area contributed by atoms with Crippen LogP contribution in [-0.2, 0) is 25.1 Å². The van der Waals surface area contributed by atoms with Gasteiger partial charge in [0.05, 0.1) is 47.4 Å². The summed E-state index contributed by atoms with van der Waals surface area (Å²) in [5.74, 6) is 2.27. The van der Waals surface area contributed by atoms with Crippen molar-refractivity contribution in [3.8, 4) is 0 Å². The molecule has 0 amide bonds. The van der Waals surface area contributed by atoms with Gasteiger partial charge in [0.2, 0.25) is 0 Å². The lowest BCUT2D eigenvalue weighted by Crippen LogP contribution is -2.40. The molecule has 364 valence electrons. The molecule has 0 radical (unpaired) electrons. The molecule has 0 aromatic heterocycles. The van der Waals surface area contributed by atoms with Gasteiger partial charge in [-0.3, -0.25) is 9.05 Å². The molecule has 0 aliphatic rings. The van der Waals surface area contributed by atoms with Gasteiger partial charge in [0.1, 0.15) is 0 Å². The first kappa shape index (κ1) is 58.3. The average Bonchev–Trinajstić information content (AvgIpc) is 3.27. The first-order valence-corrected chi connectivity index (χ1v) is 30.1. The number of unbranched alkanes of at least 4 members (excludes halogenated alkanes) is 22. The van der Waals surface area contributed by atoms with Crippen LogP contribution < -0.4 is 5.09 Å². The molecule has 63 heavy (non-hydrogen) atoms. The Bertz CT molecular complexity index is 1230. The molecule has 2 aromatic rings. The zero-order valence-electron chi connectivity index (χ0n) is 41.8. The number of likely N-dealkylation sites (N-methyl/N-ethyl adjacent to an activating group) is 1. The summed E-state index contributed by atoms with van der Waals surface area (Å²) in [5.41, 5.74) is 2.91. The Morgan fingerprint density at radius 1 is 0.476 bits per heavy atom. The van der Waals surface area contributed by atoms with E-state index in [2.05, 4.69) is 124 Å². The highest BCUT2D eigenvalue weighted by atomic mass is 32.2. The average molecular weight is 933 g/mol. The SMILES string of the molecule is CCCCCCCCCC(CCCCCCCCOP(=O)(NCC[N+](C)(C)C)OCCCCCCCCC(CCCCCCCCC)SCc1ccccc1)SCc1ccccc1. The molecule has 2 atom stereocenters. The fourth-order valence-corrected chi connectivity index (χ4v) is 12.2. The van der Waals surface area contributed by atoms with Crippen LogP contribution in [0.5, 0.6) is 0 Å². The maximum absolute atomic E-state index is 13.8. The second-order valence-electron chi connectivity index (χ2n) is 19.6. The van der Waals surface area contributed by atoms with E-state index in [1.165, 1.54) is 178 Å². The van der Waals surface area contributed by atoms with Crippen molar-refractivity contribution in [3.05, 3.63) is 71.8 Å². The summed E-state index contributed by atoms with van der Waals surface area (Å²) >= 11 is 4.37. The van der Waals surface area contributed by atoms with E-state index in [0.29, 0.717) is 19.8 Å². The van der Waals surface area contributed by atoms with E-state index in [4.69, 9.17) is 9.05 Å². The van der Waals surface area contributed by atoms with E-state index >= 15 is 0 Å². The second-order valence-corrected chi connectivity index (χ2v) is 24.0. The highest BCUT2D eigenvalue weighted by molar-refractivity contribution is 7.99. The zero-order chi connectivity index (χ0) is 45.4. The lowest BCUT2D eigenvalue weighted by Gasteiger charge is -2.25. The predicted molar refractivity (Wildman–Crippen MR) is 283 cm³/mol. The highest BCUT2D eigenvalue weighted by Crippen LogP contribution is 2.44. The molecule has 0 spiro atoms. The lowest BCUT2D eigenvalue weighted by molar-refractivity contribution is -0.869. The monoisotopic (exact) mass is 932 g/mol. The van der Waals surface area contributed by atoms with E-state index in [1.54, 1.807) is 0 Å². The van der Waals surface area contributed by atoms with Crippen molar-refractivity contribution in [2.75, 3.05) is 47.4 Å². The maximum atomic E-state index is 13.8. The van der Waals surface area contributed by atoms with Gasteiger partial charge in [-0.15, -0.1) is 0 Å². The van der Waals surface area contributed by atoms with Crippen molar-refractivity contribution >= 4 is 31.3 Å². The van der Waals surface area contributed by atoms with Gasteiger partial charge in [-0.2, -0.15) is 23.5 Å². The minimum atomic E-state index is -3.32. The number of quaternary nitrogens is 1. The molecule has 5 nitrogen and oxygen atoms in total. The van der Waals surface area contributed by atoms with E-state index in [9.17, 15) is 4.57 Å². The van der Waals surface area contributed by atoms with Crippen molar-refractivity contribution in [1.29, 1.82) is 0 Å². The third-order valence-electron chi connectivity index (χ3n) is 12.4. The van der Waals surface area contributed by atoms with Crippen LogP contribution in [0.2, 0.25) is 0 Å². The predicted octanol–water partition coefficient (Wildman–Crippen LogP) is 17.8. The van der Waals surface area contributed by atoms with Crippen molar-refractivity contribution in [2.24, 2.45) is 0 Å². The Hall–Kier alpha value is -0.790. The summed E-state index contributed by atoms with van der Waals surface area (Å²) in [4.78, 5) is 0. The smallest absolute Gasteiger partial charge is 0.330 e. The fraction of sp³-hybridized carbons (Fsp3) is 0.782. The van der Waals surface area contributed by atoms with E-state index < -0.39 is 7.75 Å². The largest absolute Gasteiger partial charge is 0.405 e. The van der Waals surface area contributed by atoms with Crippen LogP contribution in [0.15, 0.2) is 60.7 Å². The van der Waals surface area contributed by atoms with Gasteiger partial charge < -0.3 is 4.48 Å². The van der Waals surface area contributed by atoms with Crippen molar-refractivity contribution in [2.45, 2.75) is 228 Å². The Morgan fingerprint density at radius 3 is 1.13 bits per heavy atom. The number of nitrogens with zero attached hydrogens (tertiary/aromatic N) is 1. The molecule has 0 fully saturated rings. The number of thioether (sulfide) groups is 2.